The molecule has 1 amide bonds. The molecule has 1 unspecified atom stereocenters. The van der Waals surface area contributed by atoms with Crippen molar-refractivity contribution in [2.45, 2.75) is 47.1 Å². The van der Waals surface area contributed by atoms with E-state index in [9.17, 15) is 19.5 Å². The Balaban J connectivity index is 3.19. The normalized spacial score (nSPS) is 13.2. The van der Waals surface area contributed by atoms with E-state index in [0.717, 1.165) is 27.4 Å². The van der Waals surface area contributed by atoms with Gasteiger partial charge >= 0.3 is 5.97 Å². The predicted octanol–water partition coefficient (Wildman–Crippen LogP) is 4.18. The molecule has 0 saturated carbocycles. The number of carbonyl (C=O) groups is 3. The van der Waals surface area contributed by atoms with Crippen molar-refractivity contribution in [3.8, 4) is 0 Å². The largest absolute Gasteiger partial charge is 0.480 e. The Morgan fingerprint density at radius 3 is 2.36 bits per heavy atom. The summed E-state index contributed by atoms with van der Waals surface area (Å²) in [5.74, 6) is -1.68. The Morgan fingerprint density at radius 1 is 1.24 bits per heavy atom. The Morgan fingerprint density at radius 2 is 1.84 bits per heavy atom. The number of rotatable bonds is 7. The number of aryl methyl sites for hydroxylation is 1. The van der Waals surface area contributed by atoms with Crippen molar-refractivity contribution in [3.05, 3.63) is 27.7 Å². The van der Waals surface area contributed by atoms with E-state index in [1.54, 1.807) is 0 Å². The van der Waals surface area contributed by atoms with E-state index in [1.165, 1.54) is 11.8 Å². The molecule has 0 bridgehead atoms. The summed E-state index contributed by atoms with van der Waals surface area (Å²) in [4.78, 5) is 37.6. The van der Waals surface area contributed by atoms with Gasteiger partial charge in [-0.15, -0.1) is 0 Å². The Bertz CT molecular complexity index is 677. The van der Waals surface area contributed by atoms with Crippen LogP contribution in [0.25, 0.3) is 0 Å². The first-order valence-electron chi connectivity index (χ1n) is 8.08. The van der Waals surface area contributed by atoms with Gasteiger partial charge in [0.15, 0.2) is 5.12 Å². The molecule has 1 aromatic carbocycles. The van der Waals surface area contributed by atoms with Gasteiger partial charge in [-0.05, 0) is 44.4 Å². The topological polar surface area (TPSA) is 74.7 Å². The van der Waals surface area contributed by atoms with E-state index in [4.69, 9.17) is 0 Å². The minimum Gasteiger partial charge on any atom is -0.480 e. The lowest BCUT2D eigenvalue weighted by Gasteiger charge is -2.30. The Labute approximate surface area is 161 Å². The summed E-state index contributed by atoms with van der Waals surface area (Å²) in [6.07, 6.45) is 0.707. The minimum atomic E-state index is -1.09. The molecule has 0 aliphatic heterocycles. The number of anilines is 1. The number of aliphatic carboxylic acids is 1. The average Bonchev–Trinajstić information content (AvgIpc) is 2.58. The maximum atomic E-state index is 12.8. The second-order valence-electron chi connectivity index (χ2n) is 6.03. The molecule has 25 heavy (non-hydrogen) atoms. The molecule has 1 N–H and O–H groups in total. The molecule has 0 fully saturated rings. The first-order valence-corrected chi connectivity index (χ1v) is 9.86. The highest BCUT2D eigenvalue weighted by Gasteiger charge is 2.30. The van der Waals surface area contributed by atoms with E-state index >= 15 is 0 Å². The number of hydrogen-bond acceptors (Lipinski definition) is 4. The van der Waals surface area contributed by atoms with Crippen LogP contribution < -0.4 is 4.90 Å². The van der Waals surface area contributed by atoms with Gasteiger partial charge in [-0.25, -0.2) is 4.79 Å². The quantitative estimate of drug-likeness (QED) is 0.703. The van der Waals surface area contributed by atoms with E-state index in [0.29, 0.717) is 12.1 Å². The van der Waals surface area contributed by atoms with Crippen LogP contribution in [0.15, 0.2) is 16.6 Å². The van der Waals surface area contributed by atoms with Crippen LogP contribution in [0.2, 0.25) is 0 Å². The summed E-state index contributed by atoms with van der Waals surface area (Å²) in [7, 11) is 0. The molecule has 1 rings (SSSR count). The first kappa shape index (κ1) is 21.7. The van der Waals surface area contributed by atoms with Crippen molar-refractivity contribution in [2.24, 2.45) is 5.92 Å². The van der Waals surface area contributed by atoms with Crippen molar-refractivity contribution in [3.63, 3.8) is 0 Å². The van der Waals surface area contributed by atoms with E-state index in [2.05, 4.69) is 15.9 Å². The van der Waals surface area contributed by atoms with E-state index < -0.39 is 12.0 Å². The van der Waals surface area contributed by atoms with Gasteiger partial charge in [0, 0.05) is 10.4 Å². The second-order valence-corrected chi connectivity index (χ2v) is 7.87. The summed E-state index contributed by atoms with van der Waals surface area (Å²) in [5.41, 5.74) is 2.17. The number of hydrogen-bond donors (Lipinski definition) is 1. The van der Waals surface area contributed by atoms with Crippen molar-refractivity contribution in [2.75, 3.05) is 10.7 Å². The zero-order valence-electron chi connectivity index (χ0n) is 15.1. The van der Waals surface area contributed by atoms with Crippen LogP contribution in [-0.4, -0.2) is 33.9 Å². The number of carboxylic acid groups (broad SMARTS) is 1. The van der Waals surface area contributed by atoms with Crippen LogP contribution in [-0.2, 0) is 14.4 Å². The van der Waals surface area contributed by atoms with Gasteiger partial charge in [0.2, 0.25) is 5.91 Å². The Kier molecular flexibility index (Phi) is 8.15. The maximum Gasteiger partial charge on any atom is 0.326 e. The van der Waals surface area contributed by atoms with E-state index in [1.807, 2.05) is 39.8 Å². The first-order chi connectivity index (χ1) is 11.6. The fourth-order valence-corrected chi connectivity index (χ4v) is 3.51. The predicted molar refractivity (Wildman–Crippen MR) is 105 cm³/mol. The number of thioether (sulfide) groups is 1. The van der Waals surface area contributed by atoms with Crippen LogP contribution >= 0.6 is 27.7 Å². The standard InChI is InChI=1S/C18H24BrNO4S/c1-6-10(2)18(24)25-9-15(21)20(13(5)17(22)23)16-11(3)7-8-14(19)12(16)4/h7-8,10,13H,6,9H2,1-5H3,(H,22,23)/t10?,13-/m0/s1. The molecule has 7 heteroatoms. The maximum absolute atomic E-state index is 12.8. The fourth-order valence-electron chi connectivity index (χ4n) is 2.34. The fraction of sp³-hybridized carbons (Fsp3) is 0.500. The molecule has 0 aliphatic carbocycles. The zero-order chi connectivity index (χ0) is 19.3. The van der Waals surface area contributed by atoms with Gasteiger partial charge < -0.3 is 5.11 Å². The number of halogens is 1. The molecule has 0 aliphatic rings. The van der Waals surface area contributed by atoms with Gasteiger partial charge in [-0.3, -0.25) is 14.5 Å². The molecule has 0 aromatic heterocycles. The second kappa shape index (κ2) is 9.38. The molecule has 2 atom stereocenters. The van der Waals surface area contributed by atoms with Gasteiger partial charge in [-0.1, -0.05) is 47.6 Å². The van der Waals surface area contributed by atoms with E-state index in [-0.39, 0.29) is 22.7 Å². The molecule has 5 nitrogen and oxygen atoms in total. The molecule has 0 radical (unpaired) electrons. The number of benzene rings is 1. The van der Waals surface area contributed by atoms with Crippen LogP contribution in [0.1, 0.15) is 38.3 Å². The van der Waals surface area contributed by atoms with Crippen LogP contribution in [0, 0.1) is 19.8 Å². The number of carboxylic acids is 1. The van der Waals surface area contributed by atoms with Gasteiger partial charge in [0.25, 0.3) is 0 Å². The summed E-state index contributed by atoms with van der Waals surface area (Å²) in [6, 6.07) is 2.67. The third-order valence-corrected chi connectivity index (χ3v) is 6.11. The molecule has 0 heterocycles. The van der Waals surface area contributed by atoms with Crippen LogP contribution in [0.5, 0.6) is 0 Å². The lowest BCUT2D eigenvalue weighted by Crippen LogP contribution is -2.45. The van der Waals surface area contributed by atoms with Crippen molar-refractivity contribution >= 4 is 50.4 Å². The highest BCUT2D eigenvalue weighted by molar-refractivity contribution is 9.10. The van der Waals surface area contributed by atoms with Gasteiger partial charge in [0.05, 0.1) is 11.4 Å². The Hall–Kier alpha value is -1.34. The third kappa shape index (κ3) is 5.31. The molecular formula is C18H24BrNO4S. The van der Waals surface area contributed by atoms with Crippen molar-refractivity contribution in [1.82, 2.24) is 0 Å². The zero-order valence-corrected chi connectivity index (χ0v) is 17.5. The van der Waals surface area contributed by atoms with Gasteiger partial charge in [-0.2, -0.15) is 0 Å². The highest BCUT2D eigenvalue weighted by Crippen LogP contribution is 2.32. The number of carbonyl (C=O) groups excluding carboxylic acids is 2. The van der Waals surface area contributed by atoms with Gasteiger partial charge in [0.1, 0.15) is 6.04 Å². The molecule has 0 spiro atoms. The smallest absolute Gasteiger partial charge is 0.326 e. The SMILES string of the molecule is CCC(C)C(=O)SCC(=O)N(c1c(C)ccc(Br)c1C)[C@@H](C)C(=O)O. The average molecular weight is 430 g/mol. The molecule has 0 saturated heterocycles. The minimum absolute atomic E-state index is 0.0542. The summed E-state index contributed by atoms with van der Waals surface area (Å²) in [5, 5.41) is 9.38. The monoisotopic (exact) mass is 429 g/mol. The van der Waals surface area contributed by atoms with Crippen molar-refractivity contribution < 1.29 is 19.5 Å². The molecule has 1 aromatic rings. The summed E-state index contributed by atoms with van der Waals surface area (Å²) < 4.78 is 0.798. The lowest BCUT2D eigenvalue weighted by atomic mass is 10.1. The number of amides is 1. The van der Waals surface area contributed by atoms with Crippen molar-refractivity contribution in [1.29, 1.82) is 0 Å². The summed E-state index contributed by atoms with van der Waals surface area (Å²) in [6.45, 7) is 8.87. The molecular weight excluding hydrogens is 406 g/mol. The van der Waals surface area contributed by atoms with Crippen LogP contribution in [0.4, 0.5) is 5.69 Å². The lowest BCUT2D eigenvalue weighted by molar-refractivity contribution is -0.139. The van der Waals surface area contributed by atoms with Crippen LogP contribution in [0.3, 0.4) is 0 Å². The highest BCUT2D eigenvalue weighted by atomic mass is 79.9. The summed E-state index contributed by atoms with van der Waals surface area (Å²) >= 11 is 4.38. The molecule has 138 valence electrons. The number of nitrogens with zero attached hydrogens (tertiary/aromatic N) is 1. The third-order valence-electron chi connectivity index (χ3n) is 4.17.